The summed E-state index contributed by atoms with van der Waals surface area (Å²) >= 11 is 0. The Hall–Kier alpha value is -2.33. The van der Waals surface area contributed by atoms with E-state index in [2.05, 4.69) is 19.2 Å². The average Bonchev–Trinajstić information content (AvgIpc) is 2.55. The summed E-state index contributed by atoms with van der Waals surface area (Å²) in [6.45, 7) is 5.06. The molecule has 0 spiro atoms. The first-order valence-corrected chi connectivity index (χ1v) is 8.18. The molecule has 0 bridgehead atoms. The maximum atomic E-state index is 12.5. The largest absolute Gasteiger partial charge is 0.492 e. The summed E-state index contributed by atoms with van der Waals surface area (Å²) in [4.78, 5) is 14.4. The van der Waals surface area contributed by atoms with Crippen LogP contribution in [0, 0.1) is 13.8 Å². The van der Waals surface area contributed by atoms with Gasteiger partial charge in [0.15, 0.2) is 0 Å². The van der Waals surface area contributed by atoms with Crippen LogP contribution in [0.1, 0.15) is 22.7 Å². The van der Waals surface area contributed by atoms with Crippen molar-refractivity contribution in [1.82, 2.24) is 10.2 Å². The van der Waals surface area contributed by atoms with E-state index in [1.807, 2.05) is 67.5 Å². The molecule has 0 aromatic heterocycles. The molecule has 0 heterocycles. The Labute approximate surface area is 144 Å². The number of nitrogens with zero attached hydrogens (tertiary/aromatic N) is 1. The zero-order chi connectivity index (χ0) is 17.5. The van der Waals surface area contributed by atoms with Crippen molar-refractivity contribution in [2.24, 2.45) is 0 Å². The van der Waals surface area contributed by atoms with Crippen LogP contribution in [-0.4, -0.2) is 38.1 Å². The minimum absolute atomic E-state index is 0.0186. The lowest BCUT2D eigenvalue weighted by Gasteiger charge is -2.23. The number of carbonyl (C=O) groups excluding carboxylic acids is 1. The number of ether oxygens (including phenoxy) is 1. The Morgan fingerprint density at radius 1 is 1.08 bits per heavy atom. The van der Waals surface area contributed by atoms with E-state index < -0.39 is 0 Å². The minimum Gasteiger partial charge on any atom is -0.492 e. The molecule has 4 heteroatoms. The zero-order valence-corrected chi connectivity index (χ0v) is 14.9. The van der Waals surface area contributed by atoms with Crippen molar-refractivity contribution in [3.05, 3.63) is 65.2 Å². The van der Waals surface area contributed by atoms with Crippen LogP contribution in [0.15, 0.2) is 48.5 Å². The molecule has 0 radical (unpaired) electrons. The van der Waals surface area contributed by atoms with Gasteiger partial charge in [0, 0.05) is 0 Å². The summed E-state index contributed by atoms with van der Waals surface area (Å²) in [6, 6.07) is 15.5. The second kappa shape index (κ2) is 8.50. The SMILES string of the molecule is Cc1ccc(OCCNC(=O)[C@@H](c2ccccc2)N(C)C)cc1C. The van der Waals surface area contributed by atoms with E-state index in [0.717, 1.165) is 11.3 Å². The fourth-order valence-corrected chi connectivity index (χ4v) is 2.56. The Bertz CT molecular complexity index is 669. The van der Waals surface area contributed by atoms with Gasteiger partial charge in [-0.15, -0.1) is 0 Å². The van der Waals surface area contributed by atoms with E-state index in [0.29, 0.717) is 13.2 Å². The van der Waals surface area contributed by atoms with Crippen LogP contribution < -0.4 is 10.1 Å². The molecule has 2 aromatic carbocycles. The lowest BCUT2D eigenvalue weighted by Crippen LogP contribution is -2.38. The first kappa shape index (κ1) is 18.0. The number of carbonyl (C=O) groups is 1. The van der Waals surface area contributed by atoms with Gasteiger partial charge in [0.05, 0.1) is 6.54 Å². The van der Waals surface area contributed by atoms with E-state index in [1.165, 1.54) is 11.1 Å². The van der Waals surface area contributed by atoms with Crippen LogP contribution in [0.2, 0.25) is 0 Å². The number of hydrogen-bond donors (Lipinski definition) is 1. The highest BCUT2D eigenvalue weighted by Gasteiger charge is 2.22. The van der Waals surface area contributed by atoms with Crippen LogP contribution in [-0.2, 0) is 4.79 Å². The second-order valence-corrected chi connectivity index (χ2v) is 6.16. The molecular weight excluding hydrogens is 300 g/mol. The Kier molecular flexibility index (Phi) is 6.38. The van der Waals surface area contributed by atoms with Gasteiger partial charge in [0.2, 0.25) is 5.91 Å². The van der Waals surface area contributed by atoms with E-state index in [9.17, 15) is 4.79 Å². The number of amides is 1. The molecule has 0 aliphatic heterocycles. The van der Waals surface area contributed by atoms with E-state index >= 15 is 0 Å². The van der Waals surface area contributed by atoms with Gasteiger partial charge in [-0.2, -0.15) is 0 Å². The monoisotopic (exact) mass is 326 g/mol. The molecule has 0 aliphatic carbocycles. The van der Waals surface area contributed by atoms with Gasteiger partial charge >= 0.3 is 0 Å². The fourth-order valence-electron chi connectivity index (χ4n) is 2.56. The lowest BCUT2D eigenvalue weighted by atomic mass is 10.1. The molecule has 4 nitrogen and oxygen atoms in total. The van der Waals surface area contributed by atoms with Crippen molar-refractivity contribution < 1.29 is 9.53 Å². The second-order valence-electron chi connectivity index (χ2n) is 6.16. The van der Waals surface area contributed by atoms with Gasteiger partial charge in [-0.1, -0.05) is 36.4 Å². The van der Waals surface area contributed by atoms with Gasteiger partial charge < -0.3 is 10.1 Å². The zero-order valence-electron chi connectivity index (χ0n) is 14.9. The number of nitrogens with one attached hydrogen (secondary N) is 1. The summed E-state index contributed by atoms with van der Waals surface area (Å²) in [5.74, 6) is 0.814. The minimum atomic E-state index is -0.298. The maximum absolute atomic E-state index is 12.5. The standard InChI is InChI=1S/C20H26N2O2/c1-15-10-11-18(14-16(15)2)24-13-12-21-20(23)19(22(3)4)17-8-6-5-7-9-17/h5-11,14,19H,12-13H2,1-4H3,(H,21,23)/t19-/m1/s1. The molecule has 1 atom stereocenters. The average molecular weight is 326 g/mol. The van der Waals surface area contributed by atoms with Crippen LogP contribution in [0.4, 0.5) is 0 Å². The summed E-state index contributed by atoms with van der Waals surface area (Å²) in [5, 5.41) is 2.95. The van der Waals surface area contributed by atoms with Crippen LogP contribution in [0.5, 0.6) is 5.75 Å². The molecule has 0 saturated heterocycles. The fraction of sp³-hybridized carbons (Fsp3) is 0.350. The highest BCUT2D eigenvalue weighted by Crippen LogP contribution is 2.18. The molecule has 128 valence electrons. The normalized spacial score (nSPS) is 12.0. The van der Waals surface area contributed by atoms with Gasteiger partial charge in [-0.3, -0.25) is 9.69 Å². The van der Waals surface area contributed by atoms with Crippen molar-refractivity contribution in [2.75, 3.05) is 27.2 Å². The van der Waals surface area contributed by atoms with Crippen LogP contribution in [0.3, 0.4) is 0 Å². The molecule has 0 unspecified atom stereocenters. The third-order valence-electron chi connectivity index (χ3n) is 4.03. The molecule has 0 fully saturated rings. The summed E-state index contributed by atoms with van der Waals surface area (Å²) in [5.41, 5.74) is 3.43. The van der Waals surface area contributed by atoms with Crippen molar-refractivity contribution in [3.63, 3.8) is 0 Å². The van der Waals surface area contributed by atoms with E-state index in [1.54, 1.807) is 0 Å². The smallest absolute Gasteiger partial charge is 0.242 e. The van der Waals surface area contributed by atoms with E-state index in [-0.39, 0.29) is 11.9 Å². The van der Waals surface area contributed by atoms with Crippen molar-refractivity contribution in [1.29, 1.82) is 0 Å². The number of hydrogen-bond acceptors (Lipinski definition) is 3. The Morgan fingerprint density at radius 2 is 1.79 bits per heavy atom. The quantitative estimate of drug-likeness (QED) is 0.795. The summed E-state index contributed by atoms with van der Waals surface area (Å²) < 4.78 is 5.71. The van der Waals surface area contributed by atoms with Crippen LogP contribution >= 0.6 is 0 Å². The Morgan fingerprint density at radius 3 is 2.42 bits per heavy atom. The number of rotatable bonds is 7. The highest BCUT2D eigenvalue weighted by atomic mass is 16.5. The molecule has 1 amide bonds. The predicted molar refractivity (Wildman–Crippen MR) is 97.3 cm³/mol. The molecule has 2 aromatic rings. The molecule has 0 aliphatic rings. The van der Waals surface area contributed by atoms with Gasteiger partial charge in [-0.25, -0.2) is 0 Å². The summed E-state index contributed by atoms with van der Waals surface area (Å²) in [7, 11) is 3.81. The third-order valence-corrected chi connectivity index (χ3v) is 4.03. The van der Waals surface area contributed by atoms with Gasteiger partial charge in [0.1, 0.15) is 18.4 Å². The molecule has 24 heavy (non-hydrogen) atoms. The topological polar surface area (TPSA) is 41.6 Å². The van der Waals surface area contributed by atoms with Crippen LogP contribution in [0.25, 0.3) is 0 Å². The van der Waals surface area contributed by atoms with E-state index in [4.69, 9.17) is 4.74 Å². The van der Waals surface area contributed by atoms with Gasteiger partial charge in [0.25, 0.3) is 0 Å². The lowest BCUT2D eigenvalue weighted by molar-refractivity contribution is -0.125. The first-order chi connectivity index (χ1) is 11.5. The highest BCUT2D eigenvalue weighted by molar-refractivity contribution is 5.83. The van der Waals surface area contributed by atoms with Crippen molar-refractivity contribution >= 4 is 5.91 Å². The number of likely N-dealkylation sites (N-methyl/N-ethyl adjacent to an activating group) is 1. The van der Waals surface area contributed by atoms with Crippen molar-refractivity contribution in [2.45, 2.75) is 19.9 Å². The maximum Gasteiger partial charge on any atom is 0.242 e. The number of aryl methyl sites for hydroxylation is 2. The summed E-state index contributed by atoms with van der Waals surface area (Å²) in [6.07, 6.45) is 0. The number of benzene rings is 2. The Balaban J connectivity index is 1.86. The molecular formula is C20H26N2O2. The van der Waals surface area contributed by atoms with Gasteiger partial charge in [-0.05, 0) is 56.8 Å². The molecule has 0 saturated carbocycles. The van der Waals surface area contributed by atoms with Crippen molar-refractivity contribution in [3.8, 4) is 5.75 Å². The molecule has 2 rings (SSSR count). The molecule has 1 N–H and O–H groups in total. The first-order valence-electron chi connectivity index (χ1n) is 8.18. The predicted octanol–water partition coefficient (Wildman–Crippen LogP) is 3.10. The third kappa shape index (κ3) is 4.83.